The number of likely N-dealkylation sites (tertiary alicyclic amines) is 1. The predicted molar refractivity (Wildman–Crippen MR) is 183 cm³/mol. The third-order valence-corrected chi connectivity index (χ3v) is 10.1. The van der Waals surface area contributed by atoms with Crippen molar-refractivity contribution in [2.24, 2.45) is 5.41 Å². The van der Waals surface area contributed by atoms with Crippen molar-refractivity contribution in [3.8, 4) is 45.4 Å². The van der Waals surface area contributed by atoms with Gasteiger partial charge in [-0.1, -0.05) is 59.6 Å². The standard InChI is InChI=1S/C35H37Cl2N7O4/c1-46-33-28(14-38-13-21-9-10-30(45)41-21)39-15-26(42-33)24-7-3-5-22(31(24)36)23-6-4-8-25(32(23)37)27-16-40-29(34(43-27)47-2)17-44-18-35(19-44)11-12-48-20-35/h3-8,15-16,21,38H,9-14,17-20H2,1-2H3,(H,41,45). The second-order valence-corrected chi connectivity index (χ2v) is 13.4. The average Bonchev–Trinajstić information content (AvgIpc) is 3.75. The quantitative estimate of drug-likeness (QED) is 0.218. The van der Waals surface area contributed by atoms with Gasteiger partial charge < -0.3 is 24.8 Å². The number of nitrogens with zero attached hydrogens (tertiary/aromatic N) is 5. The maximum atomic E-state index is 11.5. The number of benzene rings is 2. The van der Waals surface area contributed by atoms with Crippen LogP contribution in [0.3, 0.4) is 0 Å². The van der Waals surface area contributed by atoms with Crippen LogP contribution < -0.4 is 20.1 Å². The normalized spacial score (nSPS) is 18.6. The van der Waals surface area contributed by atoms with Crippen molar-refractivity contribution in [3.63, 3.8) is 0 Å². The molecule has 3 saturated heterocycles. The first-order valence-electron chi connectivity index (χ1n) is 16.0. The maximum absolute atomic E-state index is 11.5. The van der Waals surface area contributed by atoms with E-state index in [4.69, 9.17) is 52.4 Å². The van der Waals surface area contributed by atoms with E-state index in [2.05, 4.69) is 20.5 Å². The molecule has 1 amide bonds. The Hall–Kier alpha value is -3.87. The molecule has 7 rings (SSSR count). The molecule has 11 nitrogen and oxygen atoms in total. The van der Waals surface area contributed by atoms with Crippen molar-refractivity contribution in [3.05, 3.63) is 70.2 Å². The number of hydrogen-bond acceptors (Lipinski definition) is 10. The molecule has 13 heteroatoms. The number of hydrogen-bond donors (Lipinski definition) is 2. The molecule has 250 valence electrons. The van der Waals surface area contributed by atoms with Crippen molar-refractivity contribution < 1.29 is 19.0 Å². The van der Waals surface area contributed by atoms with Gasteiger partial charge in [0.25, 0.3) is 0 Å². The zero-order chi connectivity index (χ0) is 33.3. The van der Waals surface area contributed by atoms with E-state index in [-0.39, 0.29) is 11.9 Å². The molecular weight excluding hydrogens is 653 g/mol. The molecule has 3 aliphatic rings. The van der Waals surface area contributed by atoms with Crippen LogP contribution in [-0.4, -0.2) is 83.9 Å². The molecule has 1 unspecified atom stereocenters. The van der Waals surface area contributed by atoms with Crippen LogP contribution in [0, 0.1) is 5.41 Å². The number of ether oxygens (including phenoxy) is 3. The summed E-state index contributed by atoms with van der Waals surface area (Å²) >= 11 is 14.1. The Morgan fingerprint density at radius 2 is 1.54 bits per heavy atom. The third-order valence-electron chi connectivity index (χ3n) is 9.29. The summed E-state index contributed by atoms with van der Waals surface area (Å²) in [6.45, 7) is 5.43. The molecule has 0 aliphatic carbocycles. The van der Waals surface area contributed by atoms with E-state index in [1.165, 1.54) is 0 Å². The Balaban J connectivity index is 1.10. The van der Waals surface area contributed by atoms with Gasteiger partial charge in [-0.2, -0.15) is 0 Å². The summed E-state index contributed by atoms with van der Waals surface area (Å²) in [6.07, 6.45) is 5.93. The Bertz CT molecular complexity index is 1830. The van der Waals surface area contributed by atoms with Crippen LogP contribution in [0.15, 0.2) is 48.8 Å². The summed E-state index contributed by atoms with van der Waals surface area (Å²) in [4.78, 5) is 32.8. The molecule has 0 bridgehead atoms. The molecule has 0 saturated carbocycles. The lowest BCUT2D eigenvalue weighted by Gasteiger charge is -2.47. The summed E-state index contributed by atoms with van der Waals surface area (Å²) in [6, 6.07) is 11.6. The second kappa shape index (κ2) is 13.9. The lowest BCUT2D eigenvalue weighted by atomic mass is 9.79. The van der Waals surface area contributed by atoms with Gasteiger partial charge in [-0.3, -0.25) is 19.7 Å². The molecule has 1 spiro atoms. The fraction of sp³-hybridized carbons (Fsp3) is 0.400. The Kier molecular flexibility index (Phi) is 9.48. The number of carbonyl (C=O) groups is 1. The lowest BCUT2D eigenvalue weighted by Crippen LogP contribution is -2.56. The van der Waals surface area contributed by atoms with Gasteiger partial charge in [0.2, 0.25) is 17.7 Å². The van der Waals surface area contributed by atoms with Crippen molar-refractivity contribution in [1.82, 2.24) is 35.5 Å². The van der Waals surface area contributed by atoms with Crippen LogP contribution in [0.25, 0.3) is 33.6 Å². The Morgan fingerprint density at radius 1 is 0.938 bits per heavy atom. The largest absolute Gasteiger partial charge is 0.480 e. The van der Waals surface area contributed by atoms with Gasteiger partial charge in [0.05, 0.1) is 54.7 Å². The number of aromatic nitrogens is 4. The van der Waals surface area contributed by atoms with Crippen molar-refractivity contribution in [2.45, 2.75) is 38.4 Å². The van der Waals surface area contributed by atoms with Crippen LogP contribution in [0.2, 0.25) is 10.0 Å². The summed E-state index contributed by atoms with van der Waals surface area (Å²) in [7, 11) is 3.18. The summed E-state index contributed by atoms with van der Waals surface area (Å²) in [5, 5.41) is 7.27. The first-order chi connectivity index (χ1) is 23.4. The number of halogens is 2. The van der Waals surface area contributed by atoms with Crippen molar-refractivity contribution in [2.75, 3.05) is 47.1 Å². The van der Waals surface area contributed by atoms with Gasteiger partial charge >= 0.3 is 0 Å². The van der Waals surface area contributed by atoms with E-state index >= 15 is 0 Å². The van der Waals surface area contributed by atoms with Gasteiger partial charge in [0.15, 0.2) is 0 Å². The molecule has 3 aliphatic heterocycles. The molecule has 1 atom stereocenters. The van der Waals surface area contributed by atoms with E-state index in [0.717, 1.165) is 61.5 Å². The number of carbonyl (C=O) groups excluding carboxylic acids is 1. The molecule has 2 aromatic carbocycles. The van der Waals surface area contributed by atoms with Crippen LogP contribution in [0.5, 0.6) is 11.8 Å². The van der Waals surface area contributed by atoms with Gasteiger partial charge in [-0.15, -0.1) is 0 Å². The van der Waals surface area contributed by atoms with Gasteiger partial charge in [-0.05, 0) is 12.8 Å². The molecule has 0 radical (unpaired) electrons. The highest BCUT2D eigenvalue weighted by molar-refractivity contribution is 6.39. The highest BCUT2D eigenvalue weighted by atomic mass is 35.5. The molecule has 48 heavy (non-hydrogen) atoms. The number of amides is 1. The van der Waals surface area contributed by atoms with Gasteiger partial charge in [0.1, 0.15) is 11.4 Å². The zero-order valence-corrected chi connectivity index (χ0v) is 28.4. The van der Waals surface area contributed by atoms with E-state index in [1.807, 2.05) is 36.4 Å². The monoisotopic (exact) mass is 689 g/mol. The maximum Gasteiger partial charge on any atom is 0.237 e. The highest BCUT2D eigenvalue weighted by Gasteiger charge is 2.45. The van der Waals surface area contributed by atoms with E-state index in [1.54, 1.807) is 26.6 Å². The van der Waals surface area contributed by atoms with E-state index in [0.29, 0.717) is 75.9 Å². The molecule has 4 aromatic rings. The molecular formula is C35H37Cl2N7O4. The molecule has 2 N–H and O–H groups in total. The molecule has 2 aromatic heterocycles. The van der Waals surface area contributed by atoms with Gasteiger partial charge in [0, 0.05) is 79.5 Å². The number of methoxy groups -OCH3 is 2. The fourth-order valence-corrected chi connectivity index (χ4v) is 7.46. The Labute approximate surface area is 289 Å². The van der Waals surface area contributed by atoms with Crippen LogP contribution in [0.4, 0.5) is 0 Å². The van der Waals surface area contributed by atoms with Crippen LogP contribution in [-0.2, 0) is 22.6 Å². The average molecular weight is 691 g/mol. The van der Waals surface area contributed by atoms with E-state index < -0.39 is 0 Å². The predicted octanol–water partition coefficient (Wildman–Crippen LogP) is 5.18. The minimum absolute atomic E-state index is 0.0876. The summed E-state index contributed by atoms with van der Waals surface area (Å²) in [5.41, 5.74) is 5.81. The SMILES string of the molecule is COc1nc(-c2cccc(-c3cccc(-c4cnc(CN5CC6(CCOC6)C5)c(OC)n4)c3Cl)c2Cl)cnc1CNCC1CCC(=O)N1. The first kappa shape index (κ1) is 32.7. The smallest absolute Gasteiger partial charge is 0.237 e. The van der Waals surface area contributed by atoms with Crippen molar-refractivity contribution in [1.29, 1.82) is 0 Å². The zero-order valence-electron chi connectivity index (χ0n) is 26.9. The minimum atomic E-state index is 0.0876. The number of nitrogens with one attached hydrogen (secondary N) is 2. The highest BCUT2D eigenvalue weighted by Crippen LogP contribution is 2.43. The minimum Gasteiger partial charge on any atom is -0.480 e. The van der Waals surface area contributed by atoms with Crippen molar-refractivity contribution >= 4 is 29.1 Å². The molecule has 3 fully saturated rings. The summed E-state index contributed by atoms with van der Waals surface area (Å²) in [5.74, 6) is 0.966. The van der Waals surface area contributed by atoms with Gasteiger partial charge in [-0.25, -0.2) is 9.97 Å². The topological polar surface area (TPSA) is 124 Å². The fourth-order valence-electron chi connectivity index (χ4n) is 6.81. The van der Waals surface area contributed by atoms with Crippen LogP contribution in [0.1, 0.15) is 30.7 Å². The third kappa shape index (κ3) is 6.57. The Morgan fingerprint density at radius 3 is 2.10 bits per heavy atom. The second-order valence-electron chi connectivity index (χ2n) is 12.6. The molecule has 5 heterocycles. The lowest BCUT2D eigenvalue weighted by molar-refractivity contribution is -0.119. The first-order valence-corrected chi connectivity index (χ1v) is 16.8. The van der Waals surface area contributed by atoms with E-state index in [9.17, 15) is 4.79 Å². The van der Waals surface area contributed by atoms with Crippen LogP contribution >= 0.6 is 23.2 Å². The number of rotatable bonds is 11. The summed E-state index contributed by atoms with van der Waals surface area (Å²) < 4.78 is 16.9.